The van der Waals surface area contributed by atoms with E-state index >= 15 is 0 Å². The second kappa shape index (κ2) is 4.95. The van der Waals surface area contributed by atoms with Gasteiger partial charge in [-0.05, 0) is 23.8 Å². The van der Waals surface area contributed by atoms with Gasteiger partial charge in [-0.25, -0.2) is 0 Å². The molecule has 0 amide bonds. The van der Waals surface area contributed by atoms with Gasteiger partial charge in [-0.2, -0.15) is 0 Å². The lowest BCUT2D eigenvalue weighted by molar-refractivity contribution is 0.126. The fourth-order valence-corrected chi connectivity index (χ4v) is 2.33. The SMILES string of the molecule is CC(O[SiH3])C(C)C(C)(C)c1ccccc1. The third-order valence-electron chi connectivity index (χ3n) is 3.73. The van der Waals surface area contributed by atoms with Crippen molar-refractivity contribution in [3.63, 3.8) is 0 Å². The molecule has 0 radical (unpaired) electrons. The van der Waals surface area contributed by atoms with Crippen LogP contribution in [0.1, 0.15) is 33.3 Å². The second-order valence-electron chi connectivity index (χ2n) is 4.82. The van der Waals surface area contributed by atoms with Crippen molar-refractivity contribution in [2.24, 2.45) is 5.92 Å². The van der Waals surface area contributed by atoms with Gasteiger partial charge in [-0.1, -0.05) is 51.1 Å². The van der Waals surface area contributed by atoms with E-state index in [0.29, 0.717) is 12.0 Å². The Labute approximate surface area is 96.4 Å². The van der Waals surface area contributed by atoms with Gasteiger partial charge in [-0.15, -0.1) is 0 Å². The molecular formula is C13H22OSi. The highest BCUT2D eigenvalue weighted by Crippen LogP contribution is 2.34. The summed E-state index contributed by atoms with van der Waals surface area (Å²) in [6.45, 7) is 9.03. The lowest BCUT2D eigenvalue weighted by Crippen LogP contribution is -2.35. The van der Waals surface area contributed by atoms with Gasteiger partial charge in [0.1, 0.15) is 10.5 Å². The predicted molar refractivity (Wildman–Crippen MR) is 69.1 cm³/mol. The first-order chi connectivity index (χ1) is 7.00. The first-order valence-corrected chi connectivity index (χ1v) is 6.40. The maximum atomic E-state index is 5.56. The minimum atomic E-state index is 0.172. The molecule has 0 N–H and O–H groups in total. The zero-order valence-electron chi connectivity index (χ0n) is 10.4. The summed E-state index contributed by atoms with van der Waals surface area (Å²) >= 11 is 0. The molecule has 0 aliphatic carbocycles. The molecule has 0 heterocycles. The highest BCUT2D eigenvalue weighted by Gasteiger charge is 2.31. The van der Waals surface area contributed by atoms with E-state index in [9.17, 15) is 0 Å². The van der Waals surface area contributed by atoms with Gasteiger partial charge >= 0.3 is 0 Å². The highest BCUT2D eigenvalue weighted by atomic mass is 28.2. The minimum Gasteiger partial charge on any atom is -0.425 e. The molecule has 0 fully saturated rings. The smallest absolute Gasteiger partial charge is 0.146 e. The Bertz CT molecular complexity index is 295. The van der Waals surface area contributed by atoms with Gasteiger partial charge in [0.05, 0.1) is 0 Å². The lowest BCUT2D eigenvalue weighted by Gasteiger charge is -2.36. The van der Waals surface area contributed by atoms with E-state index in [1.54, 1.807) is 0 Å². The van der Waals surface area contributed by atoms with Crippen LogP contribution in [0, 0.1) is 5.92 Å². The molecule has 1 nitrogen and oxygen atoms in total. The van der Waals surface area contributed by atoms with Gasteiger partial charge in [0.25, 0.3) is 0 Å². The van der Waals surface area contributed by atoms with Crippen molar-refractivity contribution in [1.29, 1.82) is 0 Å². The van der Waals surface area contributed by atoms with Crippen molar-refractivity contribution >= 4 is 10.5 Å². The third-order valence-corrected chi connectivity index (χ3v) is 4.48. The van der Waals surface area contributed by atoms with Crippen molar-refractivity contribution in [2.75, 3.05) is 0 Å². The highest BCUT2D eigenvalue weighted by molar-refractivity contribution is 5.98. The van der Waals surface area contributed by atoms with Crippen LogP contribution in [0.4, 0.5) is 0 Å². The molecular weight excluding hydrogens is 200 g/mol. The molecule has 1 rings (SSSR count). The quantitative estimate of drug-likeness (QED) is 0.710. The van der Waals surface area contributed by atoms with Crippen molar-refractivity contribution in [3.05, 3.63) is 35.9 Å². The summed E-state index contributed by atoms with van der Waals surface area (Å²) in [4.78, 5) is 0. The summed E-state index contributed by atoms with van der Waals surface area (Å²) < 4.78 is 5.56. The molecule has 0 saturated carbocycles. The third kappa shape index (κ3) is 2.70. The standard InChI is InChI=1S/C13H22OSi/c1-10(11(2)14-15)13(3,4)12-8-6-5-7-9-12/h5-11H,1-4,15H3. The lowest BCUT2D eigenvalue weighted by atomic mass is 9.72. The Kier molecular flexibility index (Phi) is 4.11. The molecule has 0 bridgehead atoms. The van der Waals surface area contributed by atoms with E-state index in [-0.39, 0.29) is 5.41 Å². The second-order valence-corrected chi connectivity index (χ2v) is 5.29. The molecule has 1 aromatic rings. The Morgan fingerprint density at radius 1 is 1.13 bits per heavy atom. The number of benzene rings is 1. The first-order valence-electron chi connectivity index (χ1n) is 5.58. The van der Waals surface area contributed by atoms with Crippen LogP contribution in [0.2, 0.25) is 0 Å². The molecule has 0 aliphatic rings. The van der Waals surface area contributed by atoms with E-state index in [2.05, 4.69) is 58.0 Å². The Balaban J connectivity index is 2.92. The van der Waals surface area contributed by atoms with E-state index in [1.807, 2.05) is 0 Å². The molecule has 15 heavy (non-hydrogen) atoms. The van der Waals surface area contributed by atoms with Crippen LogP contribution >= 0.6 is 0 Å². The van der Waals surface area contributed by atoms with Crippen LogP contribution in [-0.2, 0) is 9.84 Å². The molecule has 2 atom stereocenters. The van der Waals surface area contributed by atoms with Crippen molar-refractivity contribution in [1.82, 2.24) is 0 Å². The Morgan fingerprint density at radius 2 is 1.67 bits per heavy atom. The topological polar surface area (TPSA) is 9.23 Å². The normalized spacial score (nSPS) is 16.3. The van der Waals surface area contributed by atoms with Crippen LogP contribution in [0.15, 0.2) is 30.3 Å². The molecule has 2 unspecified atom stereocenters. The zero-order chi connectivity index (χ0) is 11.5. The van der Waals surface area contributed by atoms with Gasteiger partial charge < -0.3 is 4.43 Å². The van der Waals surface area contributed by atoms with E-state index < -0.39 is 0 Å². The van der Waals surface area contributed by atoms with Crippen molar-refractivity contribution in [3.8, 4) is 0 Å². The molecule has 0 saturated heterocycles. The van der Waals surface area contributed by atoms with Crippen LogP contribution in [0.25, 0.3) is 0 Å². The van der Waals surface area contributed by atoms with Gasteiger partial charge in [0.2, 0.25) is 0 Å². The maximum absolute atomic E-state index is 5.56. The monoisotopic (exact) mass is 222 g/mol. The first kappa shape index (κ1) is 12.5. The number of rotatable bonds is 4. The molecule has 2 heteroatoms. The fourth-order valence-electron chi connectivity index (χ4n) is 1.92. The molecule has 0 spiro atoms. The van der Waals surface area contributed by atoms with Gasteiger partial charge in [0, 0.05) is 6.10 Å². The summed E-state index contributed by atoms with van der Waals surface area (Å²) in [6, 6.07) is 10.7. The predicted octanol–water partition coefficient (Wildman–Crippen LogP) is 2.29. The molecule has 1 aromatic carbocycles. The minimum absolute atomic E-state index is 0.172. The maximum Gasteiger partial charge on any atom is 0.146 e. The summed E-state index contributed by atoms with van der Waals surface area (Å²) in [5, 5.41) is 0. The van der Waals surface area contributed by atoms with Crippen LogP contribution in [-0.4, -0.2) is 16.6 Å². The summed E-state index contributed by atoms with van der Waals surface area (Å²) in [5.74, 6) is 0.525. The summed E-state index contributed by atoms with van der Waals surface area (Å²) in [6.07, 6.45) is 0.340. The van der Waals surface area contributed by atoms with E-state index in [1.165, 1.54) is 5.56 Å². The van der Waals surface area contributed by atoms with Crippen LogP contribution in [0.3, 0.4) is 0 Å². The number of hydrogen-bond donors (Lipinski definition) is 0. The van der Waals surface area contributed by atoms with E-state index in [0.717, 1.165) is 10.5 Å². The van der Waals surface area contributed by atoms with Crippen molar-refractivity contribution < 1.29 is 4.43 Å². The van der Waals surface area contributed by atoms with E-state index in [4.69, 9.17) is 4.43 Å². The van der Waals surface area contributed by atoms with Crippen molar-refractivity contribution in [2.45, 2.75) is 39.2 Å². The van der Waals surface area contributed by atoms with Gasteiger partial charge in [0.15, 0.2) is 0 Å². The van der Waals surface area contributed by atoms with Crippen LogP contribution in [0.5, 0.6) is 0 Å². The average Bonchev–Trinajstić information content (AvgIpc) is 2.28. The largest absolute Gasteiger partial charge is 0.425 e. The molecule has 84 valence electrons. The zero-order valence-corrected chi connectivity index (χ0v) is 12.4. The summed E-state index contributed by atoms with van der Waals surface area (Å²) in [5.41, 5.74) is 1.56. The van der Waals surface area contributed by atoms with Gasteiger partial charge in [-0.3, -0.25) is 0 Å². The average molecular weight is 222 g/mol. The van der Waals surface area contributed by atoms with Crippen LogP contribution < -0.4 is 0 Å². The Morgan fingerprint density at radius 3 is 2.13 bits per heavy atom. The summed E-state index contributed by atoms with van der Waals surface area (Å²) in [7, 11) is 0.817. The molecule has 0 aliphatic heterocycles. The number of hydrogen-bond acceptors (Lipinski definition) is 1. The molecule has 0 aromatic heterocycles. The Hall–Kier alpha value is -0.603. The fraction of sp³-hybridized carbons (Fsp3) is 0.538.